The minimum atomic E-state index is -0.552. The summed E-state index contributed by atoms with van der Waals surface area (Å²) >= 11 is 1.31. The van der Waals surface area contributed by atoms with Crippen molar-refractivity contribution in [3.8, 4) is 0 Å². The second kappa shape index (κ2) is 10.1. The topological polar surface area (TPSA) is 72.5 Å². The Bertz CT molecular complexity index is 703. The number of thioether (sulfide) groups is 1. The fourth-order valence-electron chi connectivity index (χ4n) is 3.00. The number of Topliss-reactive ketones (excluding diaryl/α,β-unsaturated/α-hetero) is 1. The number of ether oxygens (including phenoxy) is 1. The van der Waals surface area contributed by atoms with Gasteiger partial charge in [-0.05, 0) is 43.7 Å². The first-order chi connectivity index (χ1) is 13.2. The highest BCUT2D eigenvalue weighted by atomic mass is 32.2. The van der Waals surface area contributed by atoms with Crippen molar-refractivity contribution in [2.24, 2.45) is 11.3 Å². The summed E-state index contributed by atoms with van der Waals surface area (Å²) in [4.78, 5) is 37.3. The molecule has 1 N–H and O–H groups in total. The Labute approximate surface area is 172 Å². The number of esters is 1. The molecule has 28 heavy (non-hydrogen) atoms. The summed E-state index contributed by atoms with van der Waals surface area (Å²) < 4.78 is 5.19. The van der Waals surface area contributed by atoms with Gasteiger partial charge in [-0.25, -0.2) is 4.79 Å². The molecule has 1 aromatic carbocycles. The zero-order valence-electron chi connectivity index (χ0n) is 17.2. The quantitative estimate of drug-likeness (QED) is 0.542. The van der Waals surface area contributed by atoms with Crippen molar-refractivity contribution in [1.29, 1.82) is 0 Å². The molecule has 0 unspecified atom stereocenters. The van der Waals surface area contributed by atoms with Crippen LogP contribution >= 0.6 is 11.8 Å². The molecule has 0 aromatic heterocycles. The monoisotopic (exact) mass is 405 g/mol. The zero-order valence-corrected chi connectivity index (χ0v) is 18.1. The van der Waals surface area contributed by atoms with E-state index in [1.54, 1.807) is 39.0 Å². The number of rotatable bonds is 7. The molecule has 1 aliphatic rings. The van der Waals surface area contributed by atoms with Gasteiger partial charge in [-0.3, -0.25) is 9.59 Å². The van der Waals surface area contributed by atoms with Gasteiger partial charge < -0.3 is 10.1 Å². The molecule has 6 heteroatoms. The summed E-state index contributed by atoms with van der Waals surface area (Å²) in [5.74, 6) is 0.299. The third-order valence-corrected chi connectivity index (χ3v) is 6.09. The number of carbonyl (C=O) groups is 3. The van der Waals surface area contributed by atoms with E-state index in [1.165, 1.54) is 11.8 Å². The van der Waals surface area contributed by atoms with Crippen molar-refractivity contribution in [2.45, 2.75) is 64.3 Å². The van der Waals surface area contributed by atoms with Crippen molar-refractivity contribution in [3.05, 3.63) is 29.8 Å². The first kappa shape index (κ1) is 22.5. The molecule has 0 atom stereocenters. The van der Waals surface area contributed by atoms with Crippen LogP contribution in [0.25, 0.3) is 0 Å². The lowest BCUT2D eigenvalue weighted by Crippen LogP contribution is -2.38. The number of amides is 1. The van der Waals surface area contributed by atoms with E-state index in [0.29, 0.717) is 10.5 Å². The third kappa shape index (κ3) is 6.97. The minimum absolute atomic E-state index is 0.0179. The molecule has 0 bridgehead atoms. The van der Waals surface area contributed by atoms with Crippen LogP contribution < -0.4 is 5.32 Å². The second-order valence-electron chi connectivity index (χ2n) is 8.56. The van der Waals surface area contributed by atoms with Crippen LogP contribution in [0, 0.1) is 11.3 Å². The Morgan fingerprint density at radius 2 is 1.75 bits per heavy atom. The number of hydrogen-bond donors (Lipinski definition) is 1. The maximum Gasteiger partial charge on any atom is 0.339 e. The van der Waals surface area contributed by atoms with Gasteiger partial charge in [0.05, 0.1) is 11.3 Å². The normalized spacial score (nSPS) is 19.7. The Morgan fingerprint density at radius 3 is 2.39 bits per heavy atom. The summed E-state index contributed by atoms with van der Waals surface area (Å²) in [6.07, 6.45) is 4.37. The van der Waals surface area contributed by atoms with E-state index in [9.17, 15) is 14.4 Å². The van der Waals surface area contributed by atoms with E-state index in [0.717, 1.165) is 31.6 Å². The molecule has 0 radical (unpaired) electrons. The van der Waals surface area contributed by atoms with Gasteiger partial charge in [0.1, 0.15) is 0 Å². The van der Waals surface area contributed by atoms with E-state index in [4.69, 9.17) is 4.74 Å². The lowest BCUT2D eigenvalue weighted by Gasteiger charge is -2.26. The van der Waals surface area contributed by atoms with Gasteiger partial charge in [-0.2, -0.15) is 0 Å². The van der Waals surface area contributed by atoms with Gasteiger partial charge in [-0.15, -0.1) is 11.8 Å². The third-order valence-electron chi connectivity index (χ3n) is 5.02. The van der Waals surface area contributed by atoms with Crippen LogP contribution in [0.3, 0.4) is 0 Å². The van der Waals surface area contributed by atoms with Gasteiger partial charge in [0, 0.05) is 16.4 Å². The molecule has 1 amide bonds. The first-order valence-electron chi connectivity index (χ1n) is 9.88. The van der Waals surface area contributed by atoms with E-state index in [1.807, 2.05) is 6.07 Å². The van der Waals surface area contributed by atoms with Crippen molar-refractivity contribution in [2.75, 3.05) is 12.4 Å². The summed E-state index contributed by atoms with van der Waals surface area (Å²) in [6.45, 7) is 7.37. The Balaban J connectivity index is 1.88. The number of ketones is 1. The predicted molar refractivity (Wildman–Crippen MR) is 111 cm³/mol. The van der Waals surface area contributed by atoms with Crippen LogP contribution in [-0.4, -0.2) is 36.1 Å². The number of hydrogen-bond acceptors (Lipinski definition) is 5. The van der Waals surface area contributed by atoms with Gasteiger partial charge in [0.15, 0.2) is 12.4 Å². The zero-order chi connectivity index (χ0) is 20.7. The largest absolute Gasteiger partial charge is 0.454 e. The first-order valence-corrected chi connectivity index (χ1v) is 10.9. The molecule has 154 valence electrons. The van der Waals surface area contributed by atoms with Gasteiger partial charge >= 0.3 is 5.97 Å². The van der Waals surface area contributed by atoms with E-state index in [2.05, 4.69) is 12.2 Å². The van der Waals surface area contributed by atoms with Crippen molar-refractivity contribution >= 4 is 29.4 Å². The Morgan fingerprint density at radius 1 is 1.11 bits per heavy atom. The van der Waals surface area contributed by atoms with E-state index < -0.39 is 11.4 Å². The lowest BCUT2D eigenvalue weighted by molar-refractivity contribution is -0.129. The summed E-state index contributed by atoms with van der Waals surface area (Å²) in [5.41, 5.74) is -0.169. The van der Waals surface area contributed by atoms with Gasteiger partial charge in [-0.1, -0.05) is 39.8 Å². The average Bonchev–Trinajstić information content (AvgIpc) is 2.65. The molecule has 0 spiro atoms. The Kier molecular flexibility index (Phi) is 8.10. The van der Waals surface area contributed by atoms with Crippen LogP contribution in [0.15, 0.2) is 29.2 Å². The molecular formula is C22H31NO4S. The Hall–Kier alpha value is -1.82. The predicted octanol–water partition coefficient (Wildman–Crippen LogP) is 4.25. The highest BCUT2D eigenvalue weighted by Gasteiger charge is 2.24. The highest BCUT2D eigenvalue weighted by molar-refractivity contribution is 8.00. The molecule has 1 fully saturated rings. The van der Waals surface area contributed by atoms with Crippen molar-refractivity contribution in [1.82, 2.24) is 5.32 Å². The molecule has 0 heterocycles. The lowest BCUT2D eigenvalue weighted by atomic mass is 9.87. The summed E-state index contributed by atoms with van der Waals surface area (Å²) in [7, 11) is 0. The highest BCUT2D eigenvalue weighted by Crippen LogP contribution is 2.25. The molecule has 1 aliphatic carbocycles. The molecule has 0 saturated heterocycles. The maximum atomic E-state index is 12.4. The smallest absolute Gasteiger partial charge is 0.339 e. The van der Waals surface area contributed by atoms with Gasteiger partial charge in [0.2, 0.25) is 5.91 Å². The van der Waals surface area contributed by atoms with Crippen LogP contribution in [-0.2, 0) is 14.3 Å². The number of carbonyl (C=O) groups excluding carboxylic acids is 3. The van der Waals surface area contributed by atoms with E-state index in [-0.39, 0.29) is 30.1 Å². The van der Waals surface area contributed by atoms with Crippen molar-refractivity contribution < 1.29 is 19.1 Å². The van der Waals surface area contributed by atoms with Crippen LogP contribution in [0.1, 0.15) is 63.7 Å². The number of benzene rings is 1. The van der Waals surface area contributed by atoms with Gasteiger partial charge in [0.25, 0.3) is 0 Å². The molecule has 0 aliphatic heterocycles. The molecule has 2 rings (SSSR count). The average molecular weight is 406 g/mol. The second-order valence-corrected chi connectivity index (χ2v) is 9.58. The van der Waals surface area contributed by atoms with Crippen LogP contribution in [0.2, 0.25) is 0 Å². The fourth-order valence-corrected chi connectivity index (χ4v) is 3.86. The number of nitrogens with one attached hydrogen (secondary N) is 1. The molecule has 1 aromatic rings. The summed E-state index contributed by atoms with van der Waals surface area (Å²) in [6, 6.07) is 7.28. The minimum Gasteiger partial charge on any atom is -0.454 e. The fraction of sp³-hybridized carbons (Fsp3) is 0.591. The van der Waals surface area contributed by atoms with Crippen LogP contribution in [0.4, 0.5) is 0 Å². The SMILES string of the molecule is CC1CCC(NC(=O)CSc2ccccc2C(=O)OCC(=O)C(C)(C)C)CC1. The molecular weight excluding hydrogens is 374 g/mol. The van der Waals surface area contributed by atoms with Crippen molar-refractivity contribution in [3.63, 3.8) is 0 Å². The van der Waals surface area contributed by atoms with Crippen LogP contribution in [0.5, 0.6) is 0 Å². The summed E-state index contributed by atoms with van der Waals surface area (Å²) in [5, 5.41) is 3.09. The standard InChI is InChI=1S/C22H31NO4S/c1-15-9-11-16(12-10-15)23-20(25)14-28-18-8-6-5-7-17(18)21(26)27-13-19(24)22(2,3)4/h5-8,15-16H,9-14H2,1-4H3,(H,23,25). The maximum absolute atomic E-state index is 12.4. The molecule has 5 nitrogen and oxygen atoms in total. The van der Waals surface area contributed by atoms with E-state index >= 15 is 0 Å². The molecule has 1 saturated carbocycles.